The number of aryl methyl sites for hydroxylation is 1. The first-order chi connectivity index (χ1) is 8.13. The molecule has 0 radical (unpaired) electrons. The van der Waals surface area contributed by atoms with E-state index in [4.69, 9.17) is 16.0 Å². The van der Waals surface area contributed by atoms with Gasteiger partial charge in [-0.2, -0.15) is 0 Å². The molecular weight excluding hydrogens is 246 g/mol. The minimum absolute atomic E-state index is 0.0607. The third-order valence-corrected chi connectivity index (χ3v) is 2.45. The van der Waals surface area contributed by atoms with Gasteiger partial charge in [0.15, 0.2) is 0 Å². The predicted molar refractivity (Wildman–Crippen MR) is 61.7 cm³/mol. The van der Waals surface area contributed by atoms with E-state index in [1.807, 2.05) is 0 Å². The number of alkyl halides is 1. The first-order valence-electron chi connectivity index (χ1n) is 5.14. The maximum Gasteiger partial charge on any atom is 0.325 e. The zero-order valence-corrected chi connectivity index (χ0v) is 10.2. The lowest BCUT2D eigenvalue weighted by Crippen LogP contribution is -2.34. The van der Waals surface area contributed by atoms with E-state index in [0.717, 1.165) is 5.76 Å². The first kappa shape index (κ1) is 13.6. The number of hydrogen-bond acceptors (Lipinski definition) is 4. The lowest BCUT2D eigenvalue weighted by Gasteiger charge is -2.08. The maximum atomic E-state index is 11.4. The van der Waals surface area contributed by atoms with E-state index < -0.39 is 11.3 Å². The zero-order chi connectivity index (χ0) is 12.7. The number of furan rings is 1. The van der Waals surface area contributed by atoms with Crippen molar-refractivity contribution < 1.29 is 18.7 Å². The molecule has 0 fully saturated rings. The highest BCUT2D eigenvalue weighted by Crippen LogP contribution is 2.03. The van der Waals surface area contributed by atoms with Crippen molar-refractivity contribution in [3.8, 4) is 0 Å². The fourth-order valence-corrected chi connectivity index (χ4v) is 1.36. The number of halogens is 1. The molecule has 1 rings (SSSR count). The van der Waals surface area contributed by atoms with Crippen LogP contribution in [-0.2, 0) is 20.7 Å². The number of carbonyl (C=O) groups excluding carboxylic acids is 2. The Balaban J connectivity index is 2.19. The smallest absolute Gasteiger partial charge is 0.325 e. The molecule has 0 aliphatic heterocycles. The van der Waals surface area contributed by atoms with Crippen molar-refractivity contribution in [1.82, 2.24) is 5.32 Å². The molecule has 0 aliphatic rings. The van der Waals surface area contributed by atoms with Gasteiger partial charge < -0.3 is 14.5 Å². The molecule has 0 aromatic carbocycles. The summed E-state index contributed by atoms with van der Waals surface area (Å²) < 4.78 is 9.51. The molecule has 1 atom stereocenters. The van der Waals surface area contributed by atoms with Gasteiger partial charge in [0.1, 0.15) is 11.1 Å². The van der Waals surface area contributed by atoms with Crippen molar-refractivity contribution in [3.05, 3.63) is 24.2 Å². The summed E-state index contributed by atoms with van der Waals surface area (Å²) in [5, 5.41) is 1.69. The maximum absolute atomic E-state index is 11.4. The highest BCUT2D eigenvalue weighted by Gasteiger charge is 2.16. The van der Waals surface area contributed by atoms with Gasteiger partial charge >= 0.3 is 5.97 Å². The van der Waals surface area contributed by atoms with E-state index in [0.29, 0.717) is 6.42 Å². The molecule has 1 aromatic heterocycles. The van der Waals surface area contributed by atoms with Gasteiger partial charge in [0, 0.05) is 19.4 Å². The van der Waals surface area contributed by atoms with Crippen LogP contribution < -0.4 is 5.32 Å². The molecule has 1 heterocycles. The quantitative estimate of drug-likeness (QED) is 0.614. The molecular formula is C11H14ClNO4. The summed E-state index contributed by atoms with van der Waals surface area (Å²) in [4.78, 5) is 22.3. The van der Waals surface area contributed by atoms with Gasteiger partial charge in [-0.15, -0.1) is 11.6 Å². The van der Waals surface area contributed by atoms with Crippen molar-refractivity contribution in [2.45, 2.75) is 18.2 Å². The van der Waals surface area contributed by atoms with Crippen LogP contribution in [0.2, 0.25) is 0 Å². The Morgan fingerprint density at radius 1 is 1.59 bits per heavy atom. The number of carbonyl (C=O) groups is 2. The summed E-state index contributed by atoms with van der Waals surface area (Å²) >= 11 is 5.67. The SMILES string of the molecule is COC(=O)C(Cl)CNC(=O)CCc1ccco1. The molecule has 0 spiro atoms. The summed E-state index contributed by atoms with van der Waals surface area (Å²) in [7, 11) is 1.25. The number of amides is 1. The number of nitrogens with one attached hydrogen (secondary N) is 1. The molecule has 0 aliphatic carbocycles. The fraction of sp³-hybridized carbons (Fsp3) is 0.455. The van der Waals surface area contributed by atoms with Crippen LogP contribution in [0, 0.1) is 0 Å². The Bertz CT molecular complexity index is 364. The fourth-order valence-electron chi connectivity index (χ4n) is 1.19. The molecule has 5 nitrogen and oxygen atoms in total. The Kier molecular flexibility index (Phi) is 5.56. The molecule has 0 saturated carbocycles. The van der Waals surface area contributed by atoms with E-state index in [1.165, 1.54) is 7.11 Å². The molecule has 1 amide bonds. The van der Waals surface area contributed by atoms with E-state index >= 15 is 0 Å². The topological polar surface area (TPSA) is 68.5 Å². The lowest BCUT2D eigenvalue weighted by atomic mass is 10.2. The predicted octanol–water partition coefficient (Wildman–Crippen LogP) is 1.11. The van der Waals surface area contributed by atoms with Gasteiger partial charge in [-0.1, -0.05) is 0 Å². The molecule has 0 bridgehead atoms. The Hall–Kier alpha value is -1.49. The second-order valence-electron chi connectivity index (χ2n) is 3.37. The molecule has 6 heteroatoms. The third-order valence-electron chi connectivity index (χ3n) is 2.11. The summed E-state index contributed by atoms with van der Waals surface area (Å²) in [6.07, 6.45) is 2.36. The van der Waals surface area contributed by atoms with Crippen LogP contribution >= 0.6 is 11.6 Å². The number of hydrogen-bond donors (Lipinski definition) is 1. The van der Waals surface area contributed by atoms with Gasteiger partial charge in [-0.3, -0.25) is 9.59 Å². The van der Waals surface area contributed by atoms with E-state index in [-0.39, 0.29) is 18.9 Å². The van der Waals surface area contributed by atoms with Crippen LogP contribution in [0.4, 0.5) is 0 Å². The summed E-state index contributed by atoms with van der Waals surface area (Å²) in [5.41, 5.74) is 0. The van der Waals surface area contributed by atoms with Crippen molar-refractivity contribution in [2.75, 3.05) is 13.7 Å². The Morgan fingerprint density at radius 3 is 2.94 bits per heavy atom. The molecule has 17 heavy (non-hydrogen) atoms. The van der Waals surface area contributed by atoms with Gasteiger partial charge in [0.25, 0.3) is 0 Å². The molecule has 0 saturated heterocycles. The zero-order valence-electron chi connectivity index (χ0n) is 9.44. The first-order valence-corrected chi connectivity index (χ1v) is 5.58. The number of ether oxygens (including phenoxy) is 1. The molecule has 1 aromatic rings. The second-order valence-corrected chi connectivity index (χ2v) is 3.90. The van der Waals surface area contributed by atoms with Gasteiger partial charge in [0.05, 0.1) is 13.4 Å². The largest absolute Gasteiger partial charge is 0.469 e. The summed E-state index contributed by atoms with van der Waals surface area (Å²) in [5.74, 6) is 0.00416. The van der Waals surface area contributed by atoms with Crippen molar-refractivity contribution in [2.24, 2.45) is 0 Å². The van der Waals surface area contributed by atoms with Crippen LogP contribution in [0.5, 0.6) is 0 Å². The summed E-state index contributed by atoms with van der Waals surface area (Å²) in [6, 6.07) is 3.56. The third kappa shape index (κ3) is 4.91. The van der Waals surface area contributed by atoms with Crippen LogP contribution in [0.3, 0.4) is 0 Å². The van der Waals surface area contributed by atoms with Crippen molar-refractivity contribution in [3.63, 3.8) is 0 Å². The second kappa shape index (κ2) is 6.96. The summed E-state index contributed by atoms with van der Waals surface area (Å²) in [6.45, 7) is 0.0607. The number of esters is 1. The number of rotatable bonds is 6. The van der Waals surface area contributed by atoms with Crippen molar-refractivity contribution in [1.29, 1.82) is 0 Å². The minimum atomic E-state index is -0.854. The van der Waals surface area contributed by atoms with Gasteiger partial charge in [-0.05, 0) is 12.1 Å². The van der Waals surface area contributed by atoms with Gasteiger partial charge in [-0.25, -0.2) is 0 Å². The monoisotopic (exact) mass is 259 g/mol. The van der Waals surface area contributed by atoms with Crippen LogP contribution in [0.25, 0.3) is 0 Å². The average molecular weight is 260 g/mol. The van der Waals surface area contributed by atoms with Gasteiger partial charge in [0.2, 0.25) is 5.91 Å². The number of methoxy groups -OCH3 is 1. The molecule has 1 unspecified atom stereocenters. The van der Waals surface area contributed by atoms with E-state index in [1.54, 1.807) is 18.4 Å². The highest BCUT2D eigenvalue weighted by molar-refractivity contribution is 6.30. The Morgan fingerprint density at radius 2 is 2.35 bits per heavy atom. The standard InChI is InChI=1S/C11H14ClNO4/c1-16-11(15)9(12)7-13-10(14)5-4-8-3-2-6-17-8/h2-3,6,9H,4-5,7H2,1H3,(H,13,14). The Labute approximate surface area is 104 Å². The lowest BCUT2D eigenvalue weighted by molar-refractivity contribution is -0.140. The van der Waals surface area contributed by atoms with Crippen LogP contribution in [-0.4, -0.2) is 30.9 Å². The molecule has 1 N–H and O–H groups in total. The molecule has 94 valence electrons. The minimum Gasteiger partial charge on any atom is -0.469 e. The van der Waals surface area contributed by atoms with E-state index in [2.05, 4.69) is 10.1 Å². The average Bonchev–Trinajstić information content (AvgIpc) is 2.85. The van der Waals surface area contributed by atoms with Crippen LogP contribution in [0.1, 0.15) is 12.2 Å². The highest BCUT2D eigenvalue weighted by atomic mass is 35.5. The van der Waals surface area contributed by atoms with Crippen molar-refractivity contribution >= 4 is 23.5 Å². The van der Waals surface area contributed by atoms with Crippen LogP contribution in [0.15, 0.2) is 22.8 Å². The normalized spacial score (nSPS) is 11.9. The van der Waals surface area contributed by atoms with E-state index in [9.17, 15) is 9.59 Å².